The van der Waals surface area contributed by atoms with Gasteiger partial charge in [0.15, 0.2) is 6.61 Å². The van der Waals surface area contributed by atoms with Crippen molar-refractivity contribution in [1.82, 2.24) is 10.0 Å². The number of nitriles is 1. The Labute approximate surface area is 169 Å². The molecule has 2 rings (SSSR count). The number of rotatable bonds is 9. The van der Waals surface area contributed by atoms with Crippen molar-refractivity contribution in [3.63, 3.8) is 0 Å². The maximum Gasteiger partial charge on any atom is 0.321 e. The van der Waals surface area contributed by atoms with E-state index in [0.717, 1.165) is 5.56 Å². The van der Waals surface area contributed by atoms with Crippen molar-refractivity contribution < 1.29 is 22.7 Å². The maximum atomic E-state index is 12.1. The van der Waals surface area contributed by atoms with Crippen molar-refractivity contribution in [2.75, 3.05) is 19.7 Å². The summed E-state index contributed by atoms with van der Waals surface area (Å²) in [6.07, 6.45) is 0. The topological polar surface area (TPSA) is 125 Å². The highest BCUT2D eigenvalue weighted by molar-refractivity contribution is 7.89. The first kappa shape index (κ1) is 22.1. The minimum absolute atomic E-state index is 0.0862. The zero-order valence-electron chi connectivity index (χ0n) is 15.8. The average molecular weight is 415 g/mol. The molecule has 2 aromatic carbocycles. The molecule has 0 radical (unpaired) electrons. The van der Waals surface area contributed by atoms with Gasteiger partial charge < -0.3 is 10.1 Å². The van der Waals surface area contributed by atoms with E-state index in [1.54, 1.807) is 0 Å². The van der Waals surface area contributed by atoms with Crippen molar-refractivity contribution >= 4 is 21.9 Å². The van der Waals surface area contributed by atoms with Crippen LogP contribution < -0.4 is 10.0 Å². The molecule has 0 saturated carbocycles. The van der Waals surface area contributed by atoms with Crippen LogP contribution in [0, 0.1) is 11.3 Å². The van der Waals surface area contributed by atoms with Gasteiger partial charge in [0.25, 0.3) is 5.91 Å². The lowest BCUT2D eigenvalue weighted by atomic mass is 10.0. The fourth-order valence-electron chi connectivity index (χ4n) is 2.36. The quantitative estimate of drug-likeness (QED) is 0.595. The minimum Gasteiger partial charge on any atom is -0.455 e. The van der Waals surface area contributed by atoms with Gasteiger partial charge in [-0.25, -0.2) is 8.42 Å². The number of ether oxygens (including phenoxy) is 1. The maximum absolute atomic E-state index is 12.1. The summed E-state index contributed by atoms with van der Waals surface area (Å²) in [7, 11) is -3.93. The molecule has 0 aliphatic carbocycles. The molecule has 9 heteroatoms. The Morgan fingerprint density at radius 3 is 2.38 bits per heavy atom. The first-order valence-electron chi connectivity index (χ1n) is 8.79. The van der Waals surface area contributed by atoms with E-state index in [2.05, 4.69) is 10.0 Å². The molecule has 0 unspecified atom stereocenters. The van der Waals surface area contributed by atoms with Crippen LogP contribution in [0.25, 0.3) is 0 Å². The highest BCUT2D eigenvalue weighted by Crippen LogP contribution is 2.13. The molecule has 0 fully saturated rings. The third-order valence-electron chi connectivity index (χ3n) is 4.04. The number of carbonyl (C=O) groups is 2. The van der Waals surface area contributed by atoms with Gasteiger partial charge in [-0.15, -0.1) is 0 Å². The van der Waals surface area contributed by atoms with Crippen LogP contribution in [-0.4, -0.2) is 40.0 Å². The second-order valence-corrected chi connectivity index (χ2v) is 8.00. The third kappa shape index (κ3) is 7.03. The molecule has 2 N–H and O–H groups in total. The molecule has 152 valence electrons. The van der Waals surface area contributed by atoms with Crippen molar-refractivity contribution in [1.29, 1.82) is 5.26 Å². The summed E-state index contributed by atoms with van der Waals surface area (Å²) in [5.41, 5.74) is 1.39. The molecule has 0 spiro atoms. The molecule has 1 atom stereocenters. The van der Waals surface area contributed by atoms with Gasteiger partial charge in [-0.3, -0.25) is 9.59 Å². The Bertz CT molecular complexity index is 983. The average Bonchev–Trinajstić information content (AvgIpc) is 2.75. The highest BCUT2D eigenvalue weighted by atomic mass is 32.2. The van der Waals surface area contributed by atoms with Crippen molar-refractivity contribution in [3.05, 3.63) is 65.7 Å². The molecule has 29 heavy (non-hydrogen) atoms. The summed E-state index contributed by atoms with van der Waals surface area (Å²) in [6, 6.07) is 16.7. The first-order valence-corrected chi connectivity index (χ1v) is 10.3. The second-order valence-electron chi connectivity index (χ2n) is 6.24. The monoisotopic (exact) mass is 415 g/mol. The van der Waals surface area contributed by atoms with Crippen LogP contribution in [0.2, 0.25) is 0 Å². The van der Waals surface area contributed by atoms with E-state index in [9.17, 15) is 18.0 Å². The predicted octanol–water partition coefficient (Wildman–Crippen LogP) is 1.30. The standard InChI is InChI=1S/C20H21N3O5S/c1-15(17-5-3-2-4-6-17)12-22-19(24)14-28-20(25)13-23-29(26,27)18-9-7-16(11-21)8-10-18/h2-10,15,23H,12-14H2,1H3,(H,22,24)/t15-/m0/s1. The minimum atomic E-state index is -3.93. The first-order chi connectivity index (χ1) is 13.8. The van der Waals surface area contributed by atoms with Gasteiger partial charge in [0.05, 0.1) is 16.5 Å². The Kier molecular flexibility index (Phi) is 7.88. The normalized spacial score (nSPS) is 11.9. The number of carbonyl (C=O) groups excluding carboxylic acids is 2. The van der Waals surface area contributed by atoms with Crippen LogP contribution in [-0.2, 0) is 24.3 Å². The molecule has 0 aromatic heterocycles. The van der Waals surface area contributed by atoms with Crippen LogP contribution in [0.1, 0.15) is 24.0 Å². The van der Waals surface area contributed by atoms with Crippen LogP contribution in [0.5, 0.6) is 0 Å². The van der Waals surface area contributed by atoms with E-state index >= 15 is 0 Å². The summed E-state index contributed by atoms with van der Waals surface area (Å²) in [5, 5.41) is 11.4. The van der Waals surface area contributed by atoms with Crippen molar-refractivity contribution in [2.45, 2.75) is 17.7 Å². The molecule has 8 nitrogen and oxygen atoms in total. The number of sulfonamides is 1. The van der Waals surface area contributed by atoms with E-state index < -0.39 is 35.1 Å². The molecule has 1 amide bonds. The Morgan fingerprint density at radius 2 is 1.76 bits per heavy atom. The molecule has 0 aliphatic rings. The highest BCUT2D eigenvalue weighted by Gasteiger charge is 2.17. The fourth-order valence-corrected chi connectivity index (χ4v) is 3.33. The Balaban J connectivity index is 1.73. The largest absolute Gasteiger partial charge is 0.455 e. The fraction of sp³-hybridized carbons (Fsp3) is 0.250. The van der Waals surface area contributed by atoms with Crippen LogP contribution in [0.3, 0.4) is 0 Å². The zero-order chi connectivity index (χ0) is 21.3. The number of amides is 1. The molecule has 2 aromatic rings. The Morgan fingerprint density at radius 1 is 1.10 bits per heavy atom. The van der Waals surface area contributed by atoms with E-state index in [1.807, 2.05) is 43.3 Å². The summed E-state index contributed by atoms with van der Waals surface area (Å²) in [6.45, 7) is 1.22. The molecular formula is C20H21N3O5S. The lowest BCUT2D eigenvalue weighted by molar-refractivity contribution is -0.147. The van der Waals surface area contributed by atoms with Crippen LogP contribution in [0.4, 0.5) is 0 Å². The number of nitrogens with zero attached hydrogens (tertiary/aromatic N) is 1. The summed E-state index contributed by atoms with van der Waals surface area (Å²) < 4.78 is 31.1. The zero-order valence-corrected chi connectivity index (χ0v) is 16.6. The number of hydrogen-bond acceptors (Lipinski definition) is 6. The van der Waals surface area contributed by atoms with Crippen molar-refractivity contribution in [3.8, 4) is 6.07 Å². The lowest BCUT2D eigenvalue weighted by Crippen LogP contribution is -2.35. The van der Waals surface area contributed by atoms with E-state index in [0.29, 0.717) is 12.1 Å². The number of benzene rings is 2. The Hall–Kier alpha value is -3.22. The smallest absolute Gasteiger partial charge is 0.321 e. The van der Waals surface area contributed by atoms with Gasteiger partial charge in [-0.1, -0.05) is 37.3 Å². The summed E-state index contributed by atoms with van der Waals surface area (Å²) in [5.74, 6) is -1.26. The number of nitrogens with one attached hydrogen (secondary N) is 2. The van der Waals surface area contributed by atoms with Crippen LogP contribution in [0.15, 0.2) is 59.5 Å². The van der Waals surface area contributed by atoms with E-state index in [1.165, 1.54) is 24.3 Å². The second kappa shape index (κ2) is 10.4. The van der Waals surface area contributed by atoms with E-state index in [4.69, 9.17) is 10.00 Å². The van der Waals surface area contributed by atoms with Crippen LogP contribution >= 0.6 is 0 Å². The van der Waals surface area contributed by atoms with E-state index in [-0.39, 0.29) is 10.8 Å². The lowest BCUT2D eigenvalue weighted by Gasteiger charge is -2.13. The van der Waals surface area contributed by atoms with Gasteiger partial charge in [0.2, 0.25) is 10.0 Å². The van der Waals surface area contributed by atoms with Gasteiger partial charge in [0.1, 0.15) is 6.54 Å². The molecular weight excluding hydrogens is 394 g/mol. The van der Waals surface area contributed by atoms with Gasteiger partial charge in [-0.05, 0) is 35.7 Å². The summed E-state index contributed by atoms with van der Waals surface area (Å²) >= 11 is 0. The third-order valence-corrected chi connectivity index (χ3v) is 5.46. The molecule has 0 aliphatic heterocycles. The molecule has 0 saturated heterocycles. The van der Waals surface area contributed by atoms with Crippen molar-refractivity contribution in [2.24, 2.45) is 0 Å². The summed E-state index contributed by atoms with van der Waals surface area (Å²) in [4.78, 5) is 23.4. The predicted molar refractivity (Wildman–Crippen MR) is 105 cm³/mol. The molecule has 0 bridgehead atoms. The number of esters is 1. The van der Waals surface area contributed by atoms with Gasteiger partial charge in [-0.2, -0.15) is 9.98 Å². The van der Waals surface area contributed by atoms with Gasteiger partial charge in [0, 0.05) is 6.54 Å². The number of hydrogen-bond donors (Lipinski definition) is 2. The van der Waals surface area contributed by atoms with Gasteiger partial charge >= 0.3 is 5.97 Å². The SMILES string of the molecule is C[C@@H](CNC(=O)COC(=O)CNS(=O)(=O)c1ccc(C#N)cc1)c1ccccc1. The molecule has 0 heterocycles.